The molecular formula is CH3Br2CsNOPb. The molecule has 0 spiro atoms. The summed E-state index contributed by atoms with van der Waals surface area (Å²) in [5.41, 5.74) is 4.17. The van der Waals surface area contributed by atoms with Crippen molar-refractivity contribution >= 4 is 119 Å². The fourth-order valence-corrected chi connectivity index (χ4v) is 0. The van der Waals surface area contributed by atoms with Crippen LogP contribution in [0.15, 0.2) is 0 Å². The second kappa shape index (κ2) is 22.7. The number of carbonyl (C=O) groups excluding carboxylic acids is 1. The van der Waals surface area contributed by atoms with Crippen LogP contribution < -0.4 is 5.73 Å². The van der Waals surface area contributed by atoms with Gasteiger partial charge in [-0.1, -0.05) is 0 Å². The minimum Gasteiger partial charge on any atom is 0 e. The molecule has 0 fully saturated rings. The van der Waals surface area contributed by atoms with Crippen molar-refractivity contribution in [2.24, 2.45) is 5.73 Å². The molecule has 0 rings (SSSR count). The Kier molecular flexibility index (Phi) is 54.5. The topological polar surface area (TPSA) is 43.1 Å². The summed E-state index contributed by atoms with van der Waals surface area (Å²) >= 11 is 6.22. The van der Waals surface area contributed by atoms with Gasteiger partial charge in [-0.05, 0) is 0 Å². The van der Waals surface area contributed by atoms with Crippen molar-refractivity contribution in [2.45, 2.75) is 0 Å². The van der Waals surface area contributed by atoms with Crippen molar-refractivity contribution in [2.75, 3.05) is 0 Å². The number of hydrogen-bond donors (Lipinski definition) is 1. The molecule has 0 aromatic carbocycles. The Hall–Kier alpha value is 3.40. The number of hydrogen-bond acceptors (Lipinski definition) is 1. The Balaban J connectivity index is -0.0000000400. The van der Waals surface area contributed by atoms with E-state index in [4.69, 9.17) is 4.79 Å². The van der Waals surface area contributed by atoms with E-state index in [1.165, 1.54) is 0 Å². The van der Waals surface area contributed by atoms with Crippen LogP contribution in [-0.4, -0.2) is 94.7 Å². The average molecular weight is 545 g/mol. The first kappa shape index (κ1) is 16.8. The monoisotopic (exact) mass is 544 g/mol. The summed E-state index contributed by atoms with van der Waals surface area (Å²) in [7, 11) is 0. The Bertz CT molecular complexity index is 31.7. The first-order valence-corrected chi connectivity index (χ1v) is 17.8. The third kappa shape index (κ3) is 44.5. The molecule has 0 aliphatic heterocycles. The van der Waals surface area contributed by atoms with E-state index < -0.39 is 0 Å². The molecule has 7 heavy (non-hydrogen) atoms. The molecule has 0 saturated carbocycles. The number of primary amides is 1. The maximum Gasteiger partial charge on any atom is 0 e. The smallest absolute Gasteiger partial charge is 0 e. The number of rotatable bonds is 0. The van der Waals surface area contributed by atoms with Gasteiger partial charge in [0.05, 0.1) is 0 Å². The summed E-state index contributed by atoms with van der Waals surface area (Å²) in [5, 5.41) is 0. The van der Waals surface area contributed by atoms with Crippen molar-refractivity contribution in [3.63, 3.8) is 0 Å². The predicted molar refractivity (Wildman–Crippen MR) is 39.6 cm³/mol. The number of nitrogens with two attached hydrogens (primary N) is 1. The molecule has 1 amide bonds. The van der Waals surface area contributed by atoms with Crippen molar-refractivity contribution in [1.82, 2.24) is 0 Å². The van der Waals surface area contributed by atoms with Crippen LogP contribution in [0.1, 0.15) is 0 Å². The van der Waals surface area contributed by atoms with Gasteiger partial charge in [-0.15, -0.1) is 0 Å². The first-order chi connectivity index (χ1) is 2.83. The van der Waals surface area contributed by atoms with Gasteiger partial charge in [0.25, 0.3) is 0 Å². The van der Waals surface area contributed by atoms with Crippen LogP contribution >= 0.6 is 24.0 Å². The van der Waals surface area contributed by atoms with Gasteiger partial charge < -0.3 is 5.73 Å². The second-order valence-electron chi connectivity index (χ2n) is 0.208. The molecule has 6 heteroatoms. The van der Waals surface area contributed by atoms with Gasteiger partial charge in [0.1, 0.15) is 0 Å². The van der Waals surface area contributed by atoms with E-state index in [0.29, 0.717) is 0 Å². The van der Waals surface area contributed by atoms with Crippen molar-refractivity contribution < 1.29 is 4.79 Å². The van der Waals surface area contributed by atoms with Gasteiger partial charge in [-0.25, -0.2) is 0 Å². The maximum absolute atomic E-state index is 8.58. The molecule has 0 heterocycles. The second-order valence-corrected chi connectivity index (χ2v) is 17.1. The molecule has 0 unspecified atom stereocenters. The zero-order valence-electron chi connectivity index (χ0n) is 3.82. The first-order valence-electron chi connectivity index (χ1n) is 0.947. The molecule has 0 bridgehead atoms. The maximum atomic E-state index is 8.58. The number of halogens is 2. The van der Waals surface area contributed by atoms with Crippen molar-refractivity contribution in [3.8, 4) is 0 Å². The van der Waals surface area contributed by atoms with Gasteiger partial charge in [0, 0.05) is 68.9 Å². The Morgan fingerprint density at radius 3 is 1.57 bits per heavy atom. The largest absolute Gasteiger partial charge is 0 e. The molecule has 0 aliphatic carbocycles. The molecule has 0 saturated heterocycles. The van der Waals surface area contributed by atoms with Crippen molar-refractivity contribution in [1.29, 1.82) is 0 Å². The SMILES string of the molecule is NC=O.[Br][Pb][Br].[Cs]. The van der Waals surface area contributed by atoms with Crippen LogP contribution in [0, 0.1) is 0 Å². The average Bonchev–Trinajstić information content (AvgIpc) is 1.39. The molecule has 2 N–H and O–H groups in total. The zero-order chi connectivity index (χ0) is 5.41. The van der Waals surface area contributed by atoms with Gasteiger partial charge in [-0.2, -0.15) is 0 Å². The van der Waals surface area contributed by atoms with E-state index in [2.05, 4.69) is 29.7 Å². The Morgan fingerprint density at radius 1 is 1.57 bits per heavy atom. The van der Waals surface area contributed by atoms with Crippen LogP contribution in [0.5, 0.6) is 0 Å². The fourth-order valence-electron chi connectivity index (χ4n) is 0. The molecule has 0 atom stereocenters. The minimum absolute atomic E-state index is 0. The fraction of sp³-hybridized carbons (Fsp3) is 0. The van der Waals surface area contributed by atoms with Crippen LogP contribution in [0.4, 0.5) is 0 Å². The summed E-state index contributed by atoms with van der Waals surface area (Å²) in [6.07, 6.45) is 0.250. The number of carbonyl (C=O) groups is 1. The van der Waals surface area contributed by atoms with E-state index in [1.807, 2.05) is 0 Å². The molecule has 0 aliphatic rings. The van der Waals surface area contributed by atoms with Crippen molar-refractivity contribution in [3.05, 3.63) is 0 Å². The summed E-state index contributed by atoms with van der Waals surface area (Å²) in [4.78, 5) is 8.58. The molecule has 37 valence electrons. The van der Waals surface area contributed by atoms with Crippen LogP contribution in [0.3, 0.4) is 0 Å². The summed E-state index contributed by atoms with van der Waals surface area (Å²) in [6.45, 7) is 0. The Morgan fingerprint density at radius 2 is 1.57 bits per heavy atom. The third-order valence-electron chi connectivity index (χ3n) is 0. The van der Waals surface area contributed by atoms with E-state index in [1.54, 1.807) is 0 Å². The minimum atomic E-state index is -0.292. The van der Waals surface area contributed by atoms with Crippen LogP contribution in [0.2, 0.25) is 0 Å². The van der Waals surface area contributed by atoms with Gasteiger partial charge in [0.2, 0.25) is 6.41 Å². The van der Waals surface area contributed by atoms with E-state index in [9.17, 15) is 0 Å². The quantitative estimate of drug-likeness (QED) is 0.340. The zero-order valence-corrected chi connectivity index (χ0v) is 17.2. The molecule has 0 aromatic rings. The normalized spacial score (nSPS) is 4.29. The standard InChI is InChI=1S/CH3NO.2BrH.Cs.Pb/c2-1-3;;;;/h1H,(H2,2,3);2*1H;;/q;;;;+2/p-2. The molecule has 2 nitrogen and oxygen atoms in total. The van der Waals surface area contributed by atoms with Gasteiger partial charge >= 0.3 is 43.4 Å². The third-order valence-corrected chi connectivity index (χ3v) is 0. The predicted octanol–water partition coefficient (Wildman–Crippen LogP) is 0.0311. The van der Waals surface area contributed by atoms with Crippen LogP contribution in [-0.2, 0) is 4.79 Å². The number of amides is 1. The molecule has 0 aromatic heterocycles. The molecule has 3 radical (unpaired) electrons. The Labute approximate surface area is 125 Å². The summed E-state index contributed by atoms with van der Waals surface area (Å²) in [5.74, 6) is 0. The van der Waals surface area contributed by atoms with Crippen LogP contribution in [0.25, 0.3) is 0 Å². The summed E-state index contributed by atoms with van der Waals surface area (Å²) < 4.78 is 0. The van der Waals surface area contributed by atoms with Gasteiger partial charge in [-0.3, -0.25) is 4.79 Å². The summed E-state index contributed by atoms with van der Waals surface area (Å²) in [6, 6.07) is 0. The van der Waals surface area contributed by atoms with Gasteiger partial charge in [0.15, 0.2) is 0 Å². The van der Waals surface area contributed by atoms with E-state index in [-0.39, 0.29) is 94.7 Å². The van der Waals surface area contributed by atoms with E-state index in [0.717, 1.165) is 0 Å². The molecular weight excluding hydrogens is 542 g/mol. The van der Waals surface area contributed by atoms with E-state index >= 15 is 0 Å².